The van der Waals surface area contributed by atoms with Gasteiger partial charge in [0.2, 0.25) is 0 Å². The van der Waals surface area contributed by atoms with E-state index in [1.165, 1.54) is 0 Å². The molecule has 6 heteroatoms. The molecule has 1 aliphatic rings. The molecule has 2 N–H and O–H groups in total. The molecule has 1 aliphatic carbocycles. The second-order valence-corrected chi connectivity index (χ2v) is 7.03. The van der Waals surface area contributed by atoms with Crippen molar-refractivity contribution in [2.75, 3.05) is 0 Å². The second-order valence-electron chi connectivity index (χ2n) is 7.03. The van der Waals surface area contributed by atoms with Crippen LogP contribution < -0.4 is 5.32 Å². The van der Waals surface area contributed by atoms with Gasteiger partial charge in [-0.3, -0.25) is 14.3 Å². The summed E-state index contributed by atoms with van der Waals surface area (Å²) in [5.74, 6) is -0.165. The highest BCUT2D eigenvalue weighted by atomic mass is 16.2. The summed E-state index contributed by atoms with van der Waals surface area (Å²) in [6.45, 7) is 4.21. The van der Waals surface area contributed by atoms with E-state index in [-0.39, 0.29) is 11.7 Å². The fraction of sp³-hybridized carbons (Fsp3) is 0.350. The molecule has 0 fully saturated rings. The van der Waals surface area contributed by atoms with E-state index < -0.39 is 0 Å². The van der Waals surface area contributed by atoms with E-state index in [1.54, 1.807) is 0 Å². The van der Waals surface area contributed by atoms with Crippen LogP contribution in [0.1, 0.15) is 56.2 Å². The number of nitrogens with one attached hydrogen (secondary N) is 2. The van der Waals surface area contributed by atoms with Crippen molar-refractivity contribution in [1.29, 1.82) is 0 Å². The van der Waals surface area contributed by atoms with Gasteiger partial charge in [-0.15, -0.1) is 0 Å². The number of carbonyl (C=O) groups excluding carboxylic acids is 2. The van der Waals surface area contributed by atoms with Crippen LogP contribution in [-0.2, 0) is 20.0 Å². The van der Waals surface area contributed by atoms with E-state index >= 15 is 0 Å². The van der Waals surface area contributed by atoms with Crippen LogP contribution in [-0.4, -0.2) is 26.5 Å². The normalized spacial score (nSPS) is 13.9. The summed E-state index contributed by atoms with van der Waals surface area (Å²) in [5, 5.41) is 8.53. The number of Topliss-reactive ketones (excluding diaryl/α,β-unsaturated/α-hetero) is 1. The number of aryl methyl sites for hydroxylation is 4. The van der Waals surface area contributed by atoms with Gasteiger partial charge in [0.05, 0.1) is 28.9 Å². The van der Waals surface area contributed by atoms with Crippen LogP contribution >= 0.6 is 0 Å². The molecule has 0 saturated carbocycles. The lowest BCUT2D eigenvalue weighted by Gasteiger charge is -2.11. The molecule has 0 spiro atoms. The number of hydrogen-bond acceptors (Lipinski definition) is 3. The summed E-state index contributed by atoms with van der Waals surface area (Å²) in [6.07, 6.45) is 2.17. The summed E-state index contributed by atoms with van der Waals surface area (Å²) < 4.78 is 1.82. The van der Waals surface area contributed by atoms with Crippen molar-refractivity contribution in [3.05, 3.63) is 52.0 Å². The molecule has 1 amide bonds. The Morgan fingerprint density at radius 1 is 1.31 bits per heavy atom. The van der Waals surface area contributed by atoms with Crippen LogP contribution in [0.3, 0.4) is 0 Å². The fourth-order valence-corrected chi connectivity index (χ4v) is 3.85. The van der Waals surface area contributed by atoms with Gasteiger partial charge in [0.25, 0.3) is 5.91 Å². The van der Waals surface area contributed by atoms with E-state index in [0.717, 1.165) is 46.4 Å². The number of rotatable bonds is 3. The van der Waals surface area contributed by atoms with Crippen molar-refractivity contribution in [2.45, 2.75) is 39.7 Å². The number of nitrogens with zero attached hydrogens (tertiary/aromatic N) is 2. The van der Waals surface area contributed by atoms with Gasteiger partial charge >= 0.3 is 0 Å². The first-order chi connectivity index (χ1) is 12.5. The smallest absolute Gasteiger partial charge is 0.254 e. The molecule has 0 aliphatic heterocycles. The van der Waals surface area contributed by atoms with Crippen LogP contribution in [0.4, 0.5) is 0 Å². The summed E-state index contributed by atoms with van der Waals surface area (Å²) in [6, 6.07) is 6.17. The Bertz CT molecular complexity index is 1040. The topological polar surface area (TPSA) is 79.8 Å². The molecule has 134 valence electrons. The van der Waals surface area contributed by atoms with Crippen molar-refractivity contribution in [3.63, 3.8) is 0 Å². The van der Waals surface area contributed by atoms with Crippen molar-refractivity contribution >= 4 is 22.6 Å². The maximum Gasteiger partial charge on any atom is 0.254 e. The van der Waals surface area contributed by atoms with Gasteiger partial charge in [-0.2, -0.15) is 5.10 Å². The summed E-state index contributed by atoms with van der Waals surface area (Å²) in [5.41, 5.74) is 5.72. The number of fused-ring (bicyclic) bond motifs is 2. The fourth-order valence-electron chi connectivity index (χ4n) is 3.85. The van der Waals surface area contributed by atoms with E-state index in [4.69, 9.17) is 0 Å². The number of hydrogen-bond donors (Lipinski definition) is 2. The van der Waals surface area contributed by atoms with Gasteiger partial charge in [0, 0.05) is 30.2 Å². The molecule has 26 heavy (non-hydrogen) atoms. The monoisotopic (exact) mass is 350 g/mol. The molecule has 0 saturated heterocycles. The maximum absolute atomic E-state index is 12.8. The average Bonchev–Trinajstić information content (AvgIpc) is 3.10. The van der Waals surface area contributed by atoms with Crippen LogP contribution in [0.2, 0.25) is 0 Å². The lowest BCUT2D eigenvalue weighted by Crippen LogP contribution is -2.26. The zero-order valence-corrected chi connectivity index (χ0v) is 15.3. The number of amides is 1. The van der Waals surface area contributed by atoms with Crippen LogP contribution in [0.5, 0.6) is 0 Å². The van der Waals surface area contributed by atoms with Gasteiger partial charge in [-0.05, 0) is 38.8 Å². The first kappa shape index (κ1) is 16.6. The Balaban J connectivity index is 1.62. The lowest BCUT2D eigenvalue weighted by molar-refractivity contribution is 0.0925. The Hall–Kier alpha value is -2.89. The predicted octanol–water partition coefficient (Wildman–Crippen LogP) is 2.97. The first-order valence-corrected chi connectivity index (χ1v) is 8.90. The largest absolute Gasteiger partial charge is 0.361 e. The first-order valence-electron chi connectivity index (χ1n) is 8.90. The number of aromatic nitrogens is 3. The van der Waals surface area contributed by atoms with Crippen molar-refractivity contribution in [1.82, 2.24) is 20.1 Å². The number of aromatic amines is 1. The van der Waals surface area contributed by atoms with Crippen molar-refractivity contribution in [2.24, 2.45) is 7.05 Å². The minimum atomic E-state index is -0.221. The highest BCUT2D eigenvalue weighted by molar-refractivity contribution is 6.10. The SMILES string of the molecule is Cc1ccc2c(c1)c(CNC(=O)c1c(C)[nH]c3c1C(=O)CCC3)nn2C. The minimum absolute atomic E-state index is 0.0552. The molecule has 3 aromatic rings. The minimum Gasteiger partial charge on any atom is -0.361 e. The third-order valence-electron chi connectivity index (χ3n) is 5.10. The van der Waals surface area contributed by atoms with Crippen LogP contribution in [0.15, 0.2) is 18.2 Å². The van der Waals surface area contributed by atoms with Crippen molar-refractivity contribution in [3.8, 4) is 0 Å². The summed E-state index contributed by atoms with van der Waals surface area (Å²) >= 11 is 0. The third kappa shape index (κ3) is 2.62. The standard InChI is InChI=1S/C20H22N4O2/c1-11-7-8-16-13(9-11)15(23-24(16)3)10-21-20(26)18-12(2)22-14-5-4-6-17(25)19(14)18/h7-9,22H,4-6,10H2,1-3H3,(H,21,26). The van der Waals surface area contributed by atoms with E-state index in [9.17, 15) is 9.59 Å². The Kier molecular flexibility index (Phi) is 3.90. The van der Waals surface area contributed by atoms with Crippen molar-refractivity contribution < 1.29 is 9.59 Å². The maximum atomic E-state index is 12.8. The van der Waals surface area contributed by atoms with E-state index in [2.05, 4.69) is 21.5 Å². The van der Waals surface area contributed by atoms with Crippen LogP contribution in [0.25, 0.3) is 10.9 Å². The summed E-state index contributed by atoms with van der Waals surface area (Å²) in [4.78, 5) is 28.3. The summed E-state index contributed by atoms with van der Waals surface area (Å²) in [7, 11) is 1.90. The molecule has 2 aromatic heterocycles. The number of ketones is 1. The lowest BCUT2D eigenvalue weighted by atomic mass is 9.93. The highest BCUT2D eigenvalue weighted by Gasteiger charge is 2.28. The third-order valence-corrected chi connectivity index (χ3v) is 5.10. The molecule has 1 aromatic carbocycles. The molecular formula is C20H22N4O2. The number of benzene rings is 1. The average molecular weight is 350 g/mol. The zero-order chi connectivity index (χ0) is 18.4. The number of H-pyrrole nitrogens is 1. The van der Waals surface area contributed by atoms with Crippen LogP contribution in [0, 0.1) is 13.8 Å². The Morgan fingerprint density at radius 3 is 2.92 bits per heavy atom. The van der Waals surface area contributed by atoms with Gasteiger partial charge in [-0.25, -0.2) is 0 Å². The number of carbonyl (C=O) groups is 2. The Morgan fingerprint density at radius 2 is 2.12 bits per heavy atom. The molecule has 2 heterocycles. The molecule has 0 bridgehead atoms. The molecule has 0 atom stereocenters. The molecule has 0 unspecified atom stereocenters. The molecule has 4 rings (SSSR count). The molecule has 6 nitrogen and oxygen atoms in total. The quantitative estimate of drug-likeness (QED) is 0.762. The van der Waals surface area contributed by atoms with Gasteiger partial charge in [0.15, 0.2) is 5.78 Å². The zero-order valence-electron chi connectivity index (χ0n) is 15.3. The van der Waals surface area contributed by atoms with E-state index in [0.29, 0.717) is 24.1 Å². The molecule has 0 radical (unpaired) electrons. The second kappa shape index (κ2) is 6.12. The van der Waals surface area contributed by atoms with Gasteiger partial charge in [0.1, 0.15) is 0 Å². The van der Waals surface area contributed by atoms with E-state index in [1.807, 2.05) is 37.7 Å². The molecular weight excluding hydrogens is 328 g/mol. The highest BCUT2D eigenvalue weighted by Crippen LogP contribution is 2.27. The van der Waals surface area contributed by atoms with Gasteiger partial charge in [-0.1, -0.05) is 11.6 Å². The van der Waals surface area contributed by atoms with Gasteiger partial charge < -0.3 is 10.3 Å². The predicted molar refractivity (Wildman–Crippen MR) is 99.4 cm³/mol. The Labute approximate surface area is 151 Å².